The first-order chi connectivity index (χ1) is 17.8. The third-order valence-corrected chi connectivity index (χ3v) is 5.33. The second-order valence-electron chi connectivity index (χ2n) is 13.6. The minimum Gasteiger partial charge on any atom is -0.453 e. The Morgan fingerprint density at radius 1 is 0.425 bits per heavy atom. The van der Waals surface area contributed by atoms with Crippen molar-refractivity contribution < 1.29 is 47.7 Å². The van der Waals surface area contributed by atoms with E-state index in [0.717, 1.165) is 0 Å². The molecule has 2 amide bonds. The maximum Gasteiger partial charge on any atom is 0.312 e. The Morgan fingerprint density at radius 3 is 0.800 bits per heavy atom. The zero-order valence-corrected chi connectivity index (χ0v) is 26.4. The molecule has 0 fully saturated rings. The first-order valence-corrected chi connectivity index (χ1v) is 13.1. The molecule has 0 aliphatic carbocycles. The molecule has 230 valence electrons. The van der Waals surface area contributed by atoms with Gasteiger partial charge in [-0.15, -0.1) is 0 Å². The van der Waals surface area contributed by atoms with E-state index in [4.69, 9.17) is 18.9 Å². The molecule has 0 rings (SSSR count). The van der Waals surface area contributed by atoms with Gasteiger partial charge in [0.15, 0.2) is 12.2 Å². The van der Waals surface area contributed by atoms with Crippen molar-refractivity contribution >= 4 is 35.7 Å². The van der Waals surface area contributed by atoms with Gasteiger partial charge < -0.3 is 29.6 Å². The summed E-state index contributed by atoms with van der Waals surface area (Å²) in [4.78, 5) is 78.5. The lowest BCUT2D eigenvalue weighted by atomic mass is 9.93. The molecule has 0 aliphatic heterocycles. The topological polar surface area (TPSA) is 163 Å². The fourth-order valence-electron chi connectivity index (χ4n) is 2.61. The number of ether oxygens (including phenoxy) is 4. The molecule has 0 unspecified atom stereocenters. The van der Waals surface area contributed by atoms with Crippen molar-refractivity contribution in [3.8, 4) is 0 Å². The molecule has 0 spiro atoms. The van der Waals surface area contributed by atoms with E-state index in [-0.39, 0.29) is 0 Å². The Bertz CT molecular complexity index is 884. The molecule has 12 heteroatoms. The number of amides is 2. The summed E-state index contributed by atoms with van der Waals surface area (Å²) < 4.78 is 22.5. The van der Waals surface area contributed by atoms with Crippen LogP contribution in [0.4, 0.5) is 0 Å². The fraction of sp³-hybridized carbons (Fsp3) is 0.786. The largest absolute Gasteiger partial charge is 0.453 e. The predicted molar refractivity (Wildman–Crippen MR) is 145 cm³/mol. The molecule has 0 aliphatic rings. The first kappa shape index (κ1) is 36.8. The lowest BCUT2D eigenvalue weighted by Gasteiger charge is -2.38. The molecule has 4 atom stereocenters. The number of esters is 4. The van der Waals surface area contributed by atoms with Crippen molar-refractivity contribution in [2.24, 2.45) is 21.7 Å². The molecule has 40 heavy (non-hydrogen) atoms. The van der Waals surface area contributed by atoms with Gasteiger partial charge in [0.25, 0.3) is 11.8 Å². The van der Waals surface area contributed by atoms with Crippen molar-refractivity contribution in [2.75, 3.05) is 14.1 Å². The lowest BCUT2D eigenvalue weighted by molar-refractivity contribution is -0.211. The number of carbonyl (C=O) groups excluding carboxylic acids is 6. The summed E-state index contributed by atoms with van der Waals surface area (Å²) >= 11 is 0. The number of nitrogens with one attached hydrogen (secondary N) is 2. The van der Waals surface area contributed by atoms with Gasteiger partial charge in [0.1, 0.15) is 0 Å². The molecule has 0 aromatic heterocycles. The van der Waals surface area contributed by atoms with Crippen LogP contribution in [0.5, 0.6) is 0 Å². The fourth-order valence-corrected chi connectivity index (χ4v) is 2.61. The monoisotopic (exact) mass is 572 g/mol. The molecule has 0 aromatic carbocycles. The van der Waals surface area contributed by atoms with Crippen molar-refractivity contribution in [2.45, 2.75) is 108 Å². The van der Waals surface area contributed by atoms with Gasteiger partial charge in [0.2, 0.25) is 12.2 Å². The van der Waals surface area contributed by atoms with Crippen LogP contribution in [-0.4, -0.2) is 74.2 Å². The number of carbonyl (C=O) groups is 6. The van der Waals surface area contributed by atoms with Gasteiger partial charge in [0, 0.05) is 14.1 Å². The van der Waals surface area contributed by atoms with Crippen LogP contribution in [0.15, 0.2) is 0 Å². The van der Waals surface area contributed by atoms with Crippen LogP contribution in [-0.2, 0) is 47.7 Å². The molecular formula is C28H48N2O10. The van der Waals surface area contributed by atoms with Crippen molar-refractivity contribution in [3.63, 3.8) is 0 Å². The van der Waals surface area contributed by atoms with Crippen LogP contribution in [0.25, 0.3) is 0 Å². The van der Waals surface area contributed by atoms with Gasteiger partial charge >= 0.3 is 23.9 Å². The molecule has 0 radical (unpaired) electrons. The summed E-state index contributed by atoms with van der Waals surface area (Å²) in [5, 5.41) is 4.69. The second-order valence-corrected chi connectivity index (χ2v) is 13.6. The van der Waals surface area contributed by atoms with Gasteiger partial charge in [-0.25, -0.2) is 0 Å². The van der Waals surface area contributed by atoms with Crippen LogP contribution in [0.3, 0.4) is 0 Å². The summed E-state index contributed by atoms with van der Waals surface area (Å²) in [6.45, 7) is 18.5. The number of hydrogen-bond donors (Lipinski definition) is 2. The maximum absolute atomic E-state index is 13.2. The Labute approximate surface area is 237 Å². The van der Waals surface area contributed by atoms with E-state index < -0.39 is 81.8 Å². The second kappa shape index (κ2) is 13.5. The zero-order chi connectivity index (χ0) is 32.0. The molecule has 0 saturated carbocycles. The lowest BCUT2D eigenvalue weighted by Crippen LogP contribution is -2.60. The third kappa shape index (κ3) is 10.8. The molecule has 0 aromatic rings. The highest BCUT2D eigenvalue weighted by Crippen LogP contribution is 2.29. The zero-order valence-electron chi connectivity index (χ0n) is 26.4. The summed E-state index contributed by atoms with van der Waals surface area (Å²) in [5.41, 5.74) is -4.46. The van der Waals surface area contributed by atoms with Crippen molar-refractivity contribution in [3.05, 3.63) is 0 Å². The molecular weight excluding hydrogens is 524 g/mol. The highest BCUT2D eigenvalue weighted by Gasteiger charge is 2.52. The first-order valence-electron chi connectivity index (χ1n) is 13.1. The normalized spacial score (nSPS) is 15.4. The molecule has 0 heterocycles. The van der Waals surface area contributed by atoms with Gasteiger partial charge in [-0.2, -0.15) is 0 Å². The third-order valence-electron chi connectivity index (χ3n) is 5.33. The van der Waals surface area contributed by atoms with E-state index in [1.54, 1.807) is 41.5 Å². The Hall–Kier alpha value is -3.18. The standard InChI is InChI=1S/C28H48N2O10/c1-25(2,3)21(33)37-15(17(19(31)29-13)39-23(35)27(7,8)9)16(38-22(34)26(4,5)6)18(20(32)30-14)40-24(36)28(10,11)12/h15-18H,1-14H3,(H,29,31)(H,30,32)/t15-,16-,17-,18+/m0/s1. The van der Waals surface area contributed by atoms with Crippen LogP contribution < -0.4 is 10.6 Å². The van der Waals surface area contributed by atoms with Crippen LogP contribution in [0.1, 0.15) is 83.1 Å². The summed E-state index contributed by atoms with van der Waals surface area (Å²) in [7, 11) is 2.52. The predicted octanol–water partition coefficient (Wildman–Crippen LogP) is 2.31. The van der Waals surface area contributed by atoms with Gasteiger partial charge in [-0.05, 0) is 83.1 Å². The molecule has 12 nitrogen and oxygen atoms in total. The quantitative estimate of drug-likeness (QED) is 0.309. The number of hydrogen-bond acceptors (Lipinski definition) is 10. The Kier molecular flexibility index (Phi) is 12.4. The van der Waals surface area contributed by atoms with Gasteiger partial charge in [-0.1, -0.05) is 0 Å². The van der Waals surface area contributed by atoms with Crippen molar-refractivity contribution in [1.82, 2.24) is 10.6 Å². The van der Waals surface area contributed by atoms with Crippen molar-refractivity contribution in [1.29, 1.82) is 0 Å². The molecule has 0 saturated heterocycles. The summed E-state index contributed by atoms with van der Waals surface area (Å²) in [6, 6.07) is 0. The van der Waals surface area contributed by atoms with E-state index in [2.05, 4.69) is 10.6 Å². The van der Waals surface area contributed by atoms with E-state index in [0.29, 0.717) is 0 Å². The average Bonchev–Trinajstić information content (AvgIpc) is 2.79. The Balaban J connectivity index is 7.44. The summed E-state index contributed by atoms with van der Waals surface area (Å²) in [6.07, 6.45) is -7.61. The van der Waals surface area contributed by atoms with Crippen LogP contribution >= 0.6 is 0 Å². The SMILES string of the molecule is CNC(=O)[C@@H](OC(=O)C(C)(C)C)[C@@H](OC(=O)C(C)(C)C)[C@H](OC(=O)C(C)(C)C)[C@@H](OC(=O)C(C)(C)C)C(=O)NC. The van der Waals surface area contributed by atoms with E-state index in [9.17, 15) is 28.8 Å². The highest BCUT2D eigenvalue weighted by molar-refractivity contribution is 5.89. The summed E-state index contributed by atoms with van der Waals surface area (Å²) in [5.74, 6) is -5.26. The molecule has 2 N–H and O–H groups in total. The van der Waals surface area contributed by atoms with E-state index in [1.165, 1.54) is 55.6 Å². The van der Waals surface area contributed by atoms with Crippen LogP contribution in [0, 0.1) is 21.7 Å². The maximum atomic E-state index is 13.2. The van der Waals surface area contributed by atoms with Gasteiger partial charge in [0.05, 0.1) is 21.7 Å². The van der Waals surface area contributed by atoms with Crippen LogP contribution in [0.2, 0.25) is 0 Å². The molecule has 0 bridgehead atoms. The number of rotatable bonds is 9. The minimum atomic E-state index is -1.90. The average molecular weight is 573 g/mol. The number of likely N-dealkylation sites (N-methyl/N-ethyl adjacent to an activating group) is 2. The van der Waals surface area contributed by atoms with Gasteiger partial charge in [-0.3, -0.25) is 28.8 Å². The van der Waals surface area contributed by atoms with E-state index in [1.807, 2.05) is 0 Å². The highest BCUT2D eigenvalue weighted by atomic mass is 16.6. The Morgan fingerprint density at radius 2 is 0.625 bits per heavy atom. The minimum absolute atomic E-state index is 0.845. The van der Waals surface area contributed by atoms with E-state index >= 15 is 0 Å². The smallest absolute Gasteiger partial charge is 0.312 e.